The number of rotatable bonds is 1. The molecule has 1 fully saturated rings. The predicted molar refractivity (Wildman–Crippen MR) is 59.1 cm³/mol. The van der Waals surface area contributed by atoms with Crippen LogP contribution in [0.15, 0.2) is 0 Å². The summed E-state index contributed by atoms with van der Waals surface area (Å²) in [5, 5.41) is 3.16. The molecule has 2 nitrogen and oxygen atoms in total. The van der Waals surface area contributed by atoms with Crippen LogP contribution in [0, 0.1) is 5.41 Å². The smallest absolute Gasteiger partial charge is 0.225 e. The molecule has 0 unspecified atom stereocenters. The van der Waals surface area contributed by atoms with Gasteiger partial charge in [0.15, 0.2) is 0 Å². The molecular weight excluding hydrogens is 174 g/mol. The van der Waals surface area contributed by atoms with E-state index in [0.29, 0.717) is 6.04 Å². The average molecular weight is 197 g/mol. The van der Waals surface area contributed by atoms with E-state index in [9.17, 15) is 4.79 Å². The number of carbonyl (C=O) groups excluding carboxylic acids is 1. The lowest BCUT2D eigenvalue weighted by Gasteiger charge is -2.23. The molecular formula is C12H23NO. The maximum atomic E-state index is 11.7. The highest BCUT2D eigenvalue weighted by atomic mass is 16.2. The second kappa shape index (κ2) is 4.81. The average Bonchev–Trinajstić information content (AvgIpc) is 2.31. The van der Waals surface area contributed by atoms with Gasteiger partial charge in [-0.3, -0.25) is 4.79 Å². The zero-order valence-electron chi connectivity index (χ0n) is 9.73. The number of amides is 1. The third-order valence-electron chi connectivity index (χ3n) is 2.87. The summed E-state index contributed by atoms with van der Waals surface area (Å²) < 4.78 is 0. The van der Waals surface area contributed by atoms with Crippen LogP contribution in [0.1, 0.15) is 59.3 Å². The summed E-state index contributed by atoms with van der Waals surface area (Å²) >= 11 is 0. The summed E-state index contributed by atoms with van der Waals surface area (Å²) in [4.78, 5) is 11.7. The molecule has 0 spiro atoms. The van der Waals surface area contributed by atoms with Crippen molar-refractivity contribution in [3.05, 3.63) is 0 Å². The molecule has 1 N–H and O–H groups in total. The Morgan fingerprint density at radius 2 is 1.57 bits per heavy atom. The number of hydrogen-bond acceptors (Lipinski definition) is 1. The zero-order chi connectivity index (χ0) is 10.6. The topological polar surface area (TPSA) is 29.1 Å². The van der Waals surface area contributed by atoms with Crippen molar-refractivity contribution in [3.63, 3.8) is 0 Å². The molecule has 0 heterocycles. The third kappa shape index (κ3) is 3.69. The summed E-state index contributed by atoms with van der Waals surface area (Å²) in [6.45, 7) is 5.91. The fourth-order valence-corrected chi connectivity index (χ4v) is 1.83. The minimum atomic E-state index is -0.244. The second-order valence-electron chi connectivity index (χ2n) is 5.41. The fourth-order valence-electron chi connectivity index (χ4n) is 1.83. The van der Waals surface area contributed by atoms with Crippen molar-refractivity contribution >= 4 is 5.91 Å². The van der Waals surface area contributed by atoms with E-state index in [2.05, 4.69) is 5.32 Å². The van der Waals surface area contributed by atoms with E-state index >= 15 is 0 Å². The van der Waals surface area contributed by atoms with E-state index in [1.807, 2.05) is 20.8 Å². The van der Waals surface area contributed by atoms with Gasteiger partial charge < -0.3 is 5.32 Å². The van der Waals surface area contributed by atoms with Crippen LogP contribution in [0.3, 0.4) is 0 Å². The quantitative estimate of drug-likeness (QED) is 0.643. The monoisotopic (exact) mass is 197 g/mol. The van der Waals surface area contributed by atoms with Crippen molar-refractivity contribution in [3.8, 4) is 0 Å². The summed E-state index contributed by atoms with van der Waals surface area (Å²) in [6, 6.07) is 0.434. The van der Waals surface area contributed by atoms with Gasteiger partial charge in [0, 0.05) is 11.5 Å². The molecule has 1 aliphatic carbocycles. The second-order valence-corrected chi connectivity index (χ2v) is 5.41. The van der Waals surface area contributed by atoms with E-state index in [4.69, 9.17) is 0 Å². The number of nitrogens with one attached hydrogen (secondary N) is 1. The first-order chi connectivity index (χ1) is 6.50. The SMILES string of the molecule is CC(C)(C)C(=O)NC1CCCCCC1. The Kier molecular flexibility index (Phi) is 3.97. The fraction of sp³-hybridized carbons (Fsp3) is 0.917. The van der Waals surface area contributed by atoms with Crippen LogP contribution in [0.5, 0.6) is 0 Å². The molecule has 0 saturated heterocycles. The molecule has 1 rings (SSSR count). The Balaban J connectivity index is 2.38. The Bertz CT molecular complexity index is 185. The Hall–Kier alpha value is -0.530. The van der Waals surface area contributed by atoms with Crippen molar-refractivity contribution in [2.75, 3.05) is 0 Å². The first-order valence-electron chi connectivity index (χ1n) is 5.81. The number of carbonyl (C=O) groups is 1. The van der Waals surface area contributed by atoms with Crippen molar-refractivity contribution < 1.29 is 4.79 Å². The van der Waals surface area contributed by atoms with Crippen LogP contribution in [0.25, 0.3) is 0 Å². The first-order valence-corrected chi connectivity index (χ1v) is 5.81. The normalized spacial score (nSPS) is 20.2. The molecule has 0 aromatic rings. The molecule has 0 atom stereocenters. The van der Waals surface area contributed by atoms with Crippen LogP contribution in [-0.4, -0.2) is 11.9 Å². The van der Waals surface area contributed by atoms with Gasteiger partial charge in [-0.25, -0.2) is 0 Å². The van der Waals surface area contributed by atoms with Crippen molar-refractivity contribution in [1.82, 2.24) is 5.32 Å². The summed E-state index contributed by atoms with van der Waals surface area (Å²) in [5.74, 6) is 0.199. The maximum Gasteiger partial charge on any atom is 0.225 e. The summed E-state index contributed by atoms with van der Waals surface area (Å²) in [6.07, 6.45) is 7.55. The lowest BCUT2D eigenvalue weighted by atomic mass is 9.94. The van der Waals surface area contributed by atoms with E-state index in [1.165, 1.54) is 38.5 Å². The maximum absolute atomic E-state index is 11.7. The third-order valence-corrected chi connectivity index (χ3v) is 2.87. The Morgan fingerprint density at radius 1 is 1.07 bits per heavy atom. The molecule has 14 heavy (non-hydrogen) atoms. The number of hydrogen-bond donors (Lipinski definition) is 1. The molecule has 1 amide bonds. The minimum absolute atomic E-state index is 0.199. The molecule has 0 radical (unpaired) electrons. The predicted octanol–water partition coefficient (Wildman–Crippen LogP) is 2.87. The molecule has 2 heteroatoms. The first kappa shape index (κ1) is 11.5. The van der Waals surface area contributed by atoms with E-state index in [1.54, 1.807) is 0 Å². The van der Waals surface area contributed by atoms with Gasteiger partial charge in [-0.1, -0.05) is 46.5 Å². The zero-order valence-corrected chi connectivity index (χ0v) is 9.73. The van der Waals surface area contributed by atoms with Gasteiger partial charge in [0.1, 0.15) is 0 Å². The van der Waals surface area contributed by atoms with E-state index in [0.717, 1.165) is 0 Å². The van der Waals surface area contributed by atoms with Crippen molar-refractivity contribution in [2.45, 2.75) is 65.3 Å². The van der Waals surface area contributed by atoms with Gasteiger partial charge in [0.25, 0.3) is 0 Å². The minimum Gasteiger partial charge on any atom is -0.353 e. The molecule has 1 aliphatic rings. The highest BCUT2D eigenvalue weighted by Gasteiger charge is 2.24. The molecule has 1 saturated carbocycles. The van der Waals surface area contributed by atoms with Crippen LogP contribution in [0.2, 0.25) is 0 Å². The highest BCUT2D eigenvalue weighted by Crippen LogP contribution is 2.19. The highest BCUT2D eigenvalue weighted by molar-refractivity contribution is 5.81. The van der Waals surface area contributed by atoms with Crippen molar-refractivity contribution in [1.29, 1.82) is 0 Å². The van der Waals surface area contributed by atoms with Crippen LogP contribution < -0.4 is 5.32 Å². The summed E-state index contributed by atoms with van der Waals surface area (Å²) in [5.41, 5.74) is -0.244. The largest absolute Gasteiger partial charge is 0.353 e. The molecule has 0 aromatic carbocycles. The van der Waals surface area contributed by atoms with Gasteiger partial charge >= 0.3 is 0 Å². The Labute approximate surface area is 87.5 Å². The lowest BCUT2D eigenvalue weighted by molar-refractivity contribution is -0.129. The van der Waals surface area contributed by atoms with Crippen molar-refractivity contribution in [2.24, 2.45) is 5.41 Å². The van der Waals surface area contributed by atoms with Crippen LogP contribution in [-0.2, 0) is 4.79 Å². The summed E-state index contributed by atoms with van der Waals surface area (Å²) in [7, 11) is 0. The Morgan fingerprint density at radius 3 is 2.00 bits per heavy atom. The molecule has 82 valence electrons. The van der Waals surface area contributed by atoms with Gasteiger partial charge in [-0.15, -0.1) is 0 Å². The van der Waals surface area contributed by atoms with Gasteiger partial charge in [0.05, 0.1) is 0 Å². The molecule has 0 bridgehead atoms. The van der Waals surface area contributed by atoms with Crippen LogP contribution in [0.4, 0.5) is 0 Å². The van der Waals surface area contributed by atoms with Gasteiger partial charge in [-0.05, 0) is 12.8 Å². The standard InChI is InChI=1S/C12H23NO/c1-12(2,3)11(14)13-10-8-6-4-5-7-9-10/h10H,4-9H2,1-3H3,(H,13,14). The van der Waals surface area contributed by atoms with Gasteiger partial charge in [-0.2, -0.15) is 0 Å². The molecule has 0 aliphatic heterocycles. The van der Waals surface area contributed by atoms with Crippen LogP contribution >= 0.6 is 0 Å². The lowest BCUT2D eigenvalue weighted by Crippen LogP contribution is -2.41. The molecule has 0 aromatic heterocycles. The van der Waals surface area contributed by atoms with Gasteiger partial charge in [0.2, 0.25) is 5.91 Å². The van der Waals surface area contributed by atoms with E-state index < -0.39 is 0 Å². The van der Waals surface area contributed by atoms with E-state index in [-0.39, 0.29) is 11.3 Å².